The Labute approximate surface area is 222 Å². The summed E-state index contributed by atoms with van der Waals surface area (Å²) in [5.41, 5.74) is 5.71. The summed E-state index contributed by atoms with van der Waals surface area (Å²) in [7, 11) is 0. The van der Waals surface area contributed by atoms with Crippen LogP contribution in [0.2, 0.25) is 0 Å². The van der Waals surface area contributed by atoms with Crippen molar-refractivity contribution in [2.24, 2.45) is 5.10 Å². The lowest BCUT2D eigenvalue weighted by Crippen LogP contribution is -2.18. The predicted octanol–water partition coefficient (Wildman–Crippen LogP) is 5.99. The fourth-order valence-electron chi connectivity index (χ4n) is 3.32. The van der Waals surface area contributed by atoms with Gasteiger partial charge in [0.15, 0.2) is 0 Å². The Bertz CT molecular complexity index is 1470. The summed E-state index contributed by atoms with van der Waals surface area (Å²) in [6.45, 7) is 1.95. The van der Waals surface area contributed by atoms with Gasteiger partial charge in [-0.25, -0.2) is 10.2 Å². The zero-order valence-corrected chi connectivity index (χ0v) is 21.4. The van der Waals surface area contributed by atoms with Crippen LogP contribution in [0, 0.1) is 6.92 Å². The first-order valence-corrected chi connectivity index (χ1v) is 12.1. The first-order chi connectivity index (χ1) is 17.9. The number of nitrogens with zero attached hydrogens (tertiary/aromatic N) is 1. The number of ether oxygens (including phenoxy) is 1. The van der Waals surface area contributed by atoms with Crippen molar-refractivity contribution >= 4 is 45.6 Å². The molecule has 0 spiro atoms. The molecule has 0 aliphatic carbocycles. The number of hydrogen-bond donors (Lipinski definition) is 2. The van der Waals surface area contributed by atoms with Crippen LogP contribution in [0.4, 0.5) is 5.69 Å². The van der Waals surface area contributed by atoms with Gasteiger partial charge in [0.25, 0.3) is 11.8 Å². The van der Waals surface area contributed by atoms with Crippen molar-refractivity contribution in [3.05, 3.63) is 129 Å². The van der Waals surface area contributed by atoms with Crippen molar-refractivity contribution in [1.82, 2.24) is 5.43 Å². The molecule has 7 nitrogen and oxygen atoms in total. The number of nitrogens with one attached hydrogen (secondary N) is 2. The number of halogens is 1. The van der Waals surface area contributed by atoms with E-state index in [2.05, 4.69) is 31.8 Å². The minimum atomic E-state index is -0.508. The Kier molecular flexibility index (Phi) is 8.22. The highest BCUT2D eigenvalue weighted by Gasteiger charge is 2.12. The van der Waals surface area contributed by atoms with E-state index in [4.69, 9.17) is 4.74 Å². The summed E-state index contributed by atoms with van der Waals surface area (Å²) in [5, 5.41) is 6.81. The van der Waals surface area contributed by atoms with Gasteiger partial charge in [0.1, 0.15) is 5.75 Å². The van der Waals surface area contributed by atoms with Crippen molar-refractivity contribution in [3.63, 3.8) is 0 Å². The van der Waals surface area contributed by atoms with Crippen molar-refractivity contribution < 1.29 is 19.1 Å². The number of amides is 2. The Hall–Kier alpha value is -4.56. The van der Waals surface area contributed by atoms with E-state index in [0.717, 1.165) is 10.0 Å². The predicted molar refractivity (Wildman–Crippen MR) is 146 cm³/mol. The van der Waals surface area contributed by atoms with E-state index in [1.807, 2.05) is 25.1 Å². The van der Waals surface area contributed by atoms with Gasteiger partial charge in [-0.05, 0) is 67.6 Å². The number of esters is 1. The van der Waals surface area contributed by atoms with Crippen molar-refractivity contribution in [2.45, 2.75) is 6.92 Å². The molecule has 0 aliphatic heterocycles. The standard InChI is InChI=1S/C29H22BrN3O4/c1-19-10-12-20(13-11-19)27(34)32-25-9-5-8-22(17-25)28(35)33-31-18-23-16-24(30)14-15-26(23)37-29(36)21-6-3-2-4-7-21/h2-18H,1H3,(H,32,34)(H,33,35). The molecule has 184 valence electrons. The van der Waals surface area contributed by atoms with Gasteiger partial charge in [-0.3, -0.25) is 9.59 Å². The number of anilines is 1. The lowest BCUT2D eigenvalue weighted by atomic mass is 10.1. The number of hydrogen-bond acceptors (Lipinski definition) is 5. The minimum Gasteiger partial charge on any atom is -0.422 e. The van der Waals surface area contributed by atoms with Crippen LogP contribution in [-0.2, 0) is 0 Å². The van der Waals surface area contributed by atoms with E-state index in [1.54, 1.807) is 78.9 Å². The summed E-state index contributed by atoms with van der Waals surface area (Å²) < 4.78 is 6.27. The van der Waals surface area contributed by atoms with Crippen LogP contribution in [0.5, 0.6) is 5.75 Å². The van der Waals surface area contributed by atoms with Crippen LogP contribution in [-0.4, -0.2) is 24.0 Å². The molecule has 2 N–H and O–H groups in total. The molecule has 4 aromatic carbocycles. The number of benzene rings is 4. The van der Waals surface area contributed by atoms with Gasteiger partial charge in [-0.1, -0.05) is 57.9 Å². The van der Waals surface area contributed by atoms with E-state index < -0.39 is 11.9 Å². The van der Waals surface area contributed by atoms with Crippen LogP contribution in [0.3, 0.4) is 0 Å². The molecule has 0 bridgehead atoms. The molecule has 4 rings (SSSR count). The van der Waals surface area contributed by atoms with Gasteiger partial charge in [0, 0.05) is 26.9 Å². The smallest absolute Gasteiger partial charge is 0.343 e. The third-order valence-electron chi connectivity index (χ3n) is 5.25. The van der Waals surface area contributed by atoms with Crippen LogP contribution in [0.1, 0.15) is 42.2 Å². The zero-order valence-electron chi connectivity index (χ0n) is 19.8. The highest BCUT2D eigenvalue weighted by Crippen LogP contribution is 2.23. The first-order valence-electron chi connectivity index (χ1n) is 11.3. The number of carbonyl (C=O) groups is 3. The Morgan fingerprint density at radius 2 is 1.51 bits per heavy atom. The average Bonchev–Trinajstić information content (AvgIpc) is 2.91. The maximum Gasteiger partial charge on any atom is 0.343 e. The molecule has 37 heavy (non-hydrogen) atoms. The Morgan fingerprint density at radius 3 is 2.27 bits per heavy atom. The second-order valence-electron chi connectivity index (χ2n) is 8.04. The van der Waals surface area contributed by atoms with E-state index in [1.165, 1.54) is 6.21 Å². The Balaban J connectivity index is 1.42. The molecule has 0 saturated carbocycles. The quantitative estimate of drug-likeness (QED) is 0.126. The lowest BCUT2D eigenvalue weighted by molar-refractivity contribution is 0.0734. The maximum atomic E-state index is 12.7. The topological polar surface area (TPSA) is 96.9 Å². The first kappa shape index (κ1) is 25.5. The number of rotatable bonds is 7. The van der Waals surface area contributed by atoms with Gasteiger partial charge >= 0.3 is 5.97 Å². The van der Waals surface area contributed by atoms with Crippen molar-refractivity contribution in [2.75, 3.05) is 5.32 Å². The second-order valence-corrected chi connectivity index (χ2v) is 8.95. The number of hydrazone groups is 1. The third kappa shape index (κ3) is 6.99. The second kappa shape index (κ2) is 11.9. The largest absolute Gasteiger partial charge is 0.422 e. The number of carbonyl (C=O) groups excluding carboxylic acids is 3. The van der Waals surface area contributed by atoms with E-state index in [9.17, 15) is 14.4 Å². The zero-order chi connectivity index (χ0) is 26.2. The van der Waals surface area contributed by atoms with Crippen molar-refractivity contribution in [1.29, 1.82) is 0 Å². The highest BCUT2D eigenvalue weighted by molar-refractivity contribution is 9.10. The molecule has 0 heterocycles. The molecule has 4 aromatic rings. The summed E-state index contributed by atoms with van der Waals surface area (Å²) in [5.74, 6) is -0.967. The molecular formula is C29H22BrN3O4. The van der Waals surface area contributed by atoms with Gasteiger partial charge in [0.2, 0.25) is 0 Å². The molecule has 0 atom stereocenters. The van der Waals surface area contributed by atoms with Crippen LogP contribution in [0.25, 0.3) is 0 Å². The monoisotopic (exact) mass is 555 g/mol. The fourth-order valence-corrected chi connectivity index (χ4v) is 3.70. The van der Waals surface area contributed by atoms with Gasteiger partial charge in [-0.15, -0.1) is 0 Å². The summed E-state index contributed by atoms with van der Waals surface area (Å²) in [6, 6.07) is 27.4. The molecule has 0 fully saturated rings. The fraction of sp³-hybridized carbons (Fsp3) is 0.0345. The lowest BCUT2D eigenvalue weighted by Gasteiger charge is -2.08. The van der Waals surface area contributed by atoms with E-state index in [0.29, 0.717) is 27.9 Å². The molecule has 0 saturated heterocycles. The minimum absolute atomic E-state index is 0.275. The van der Waals surface area contributed by atoms with Crippen LogP contribution < -0.4 is 15.5 Å². The van der Waals surface area contributed by atoms with Gasteiger partial charge in [-0.2, -0.15) is 5.10 Å². The maximum absolute atomic E-state index is 12.7. The summed E-state index contributed by atoms with van der Waals surface area (Å²) in [4.78, 5) is 37.6. The normalized spacial score (nSPS) is 10.6. The number of aryl methyl sites for hydroxylation is 1. The van der Waals surface area contributed by atoms with E-state index in [-0.39, 0.29) is 11.7 Å². The molecule has 0 aromatic heterocycles. The summed E-state index contributed by atoms with van der Waals surface area (Å²) in [6.07, 6.45) is 1.39. The van der Waals surface area contributed by atoms with Crippen LogP contribution in [0.15, 0.2) is 107 Å². The van der Waals surface area contributed by atoms with Crippen molar-refractivity contribution in [3.8, 4) is 5.75 Å². The van der Waals surface area contributed by atoms with Gasteiger partial charge in [0.05, 0.1) is 11.8 Å². The molecular weight excluding hydrogens is 534 g/mol. The third-order valence-corrected chi connectivity index (χ3v) is 5.74. The average molecular weight is 556 g/mol. The summed E-state index contributed by atoms with van der Waals surface area (Å²) >= 11 is 3.39. The van der Waals surface area contributed by atoms with Crippen LogP contribution >= 0.6 is 15.9 Å². The van der Waals surface area contributed by atoms with E-state index >= 15 is 0 Å². The molecule has 0 aliphatic rings. The molecule has 0 unspecified atom stereocenters. The van der Waals surface area contributed by atoms with Gasteiger partial charge < -0.3 is 10.1 Å². The Morgan fingerprint density at radius 1 is 0.784 bits per heavy atom. The molecule has 0 radical (unpaired) electrons. The highest BCUT2D eigenvalue weighted by atomic mass is 79.9. The molecule has 8 heteroatoms. The molecule has 2 amide bonds. The SMILES string of the molecule is Cc1ccc(C(=O)Nc2cccc(C(=O)NN=Cc3cc(Br)ccc3OC(=O)c3ccccc3)c2)cc1.